The summed E-state index contributed by atoms with van der Waals surface area (Å²) in [6.45, 7) is 7.93. The number of esters is 1. The van der Waals surface area contributed by atoms with Gasteiger partial charge in [0.1, 0.15) is 24.2 Å². The molecule has 2 aromatic rings. The maximum absolute atomic E-state index is 14.0. The summed E-state index contributed by atoms with van der Waals surface area (Å²) in [5.41, 5.74) is -0.848. The average Bonchev–Trinajstić information content (AvgIpc) is 3.26. The zero-order valence-electron chi connectivity index (χ0n) is 22.6. The molecule has 2 atom stereocenters. The van der Waals surface area contributed by atoms with Crippen LogP contribution in [0.3, 0.4) is 0 Å². The van der Waals surface area contributed by atoms with Crippen LogP contribution >= 0.6 is 11.6 Å². The molecule has 39 heavy (non-hydrogen) atoms. The molecule has 2 amide bonds. The second kappa shape index (κ2) is 11.4. The van der Waals surface area contributed by atoms with Gasteiger partial charge in [0, 0.05) is 24.7 Å². The molecule has 0 aromatic heterocycles. The number of hydrogen-bond donors (Lipinski definition) is 0. The molecule has 2 aliphatic heterocycles. The molecule has 0 N–H and O–H groups in total. The number of morpholine rings is 1. The minimum absolute atomic E-state index is 0.0652. The van der Waals surface area contributed by atoms with E-state index in [1.165, 1.54) is 17.0 Å². The quantitative estimate of drug-likeness (QED) is 0.463. The van der Waals surface area contributed by atoms with E-state index >= 15 is 0 Å². The molecule has 2 heterocycles. The summed E-state index contributed by atoms with van der Waals surface area (Å²) in [6, 6.07) is 7.69. The predicted octanol–water partition coefficient (Wildman–Crippen LogP) is 2.67. The molecule has 0 unspecified atom stereocenters. The number of carbonyl (C=O) groups is 3. The first kappa shape index (κ1) is 29.3. The van der Waals surface area contributed by atoms with Crippen LogP contribution in [0.5, 0.6) is 0 Å². The van der Waals surface area contributed by atoms with Crippen molar-refractivity contribution >= 4 is 50.2 Å². The van der Waals surface area contributed by atoms with Gasteiger partial charge in [0.25, 0.3) is 0 Å². The van der Waals surface area contributed by atoms with Crippen LogP contribution in [0.25, 0.3) is 10.8 Å². The van der Waals surface area contributed by atoms with E-state index in [9.17, 15) is 22.8 Å². The highest BCUT2D eigenvalue weighted by Gasteiger charge is 2.46. The first-order chi connectivity index (χ1) is 18.3. The fourth-order valence-corrected chi connectivity index (χ4v) is 6.65. The molecular formula is C27H34ClN3O7S. The smallest absolute Gasteiger partial charge is 0.321 e. The highest BCUT2D eigenvalue weighted by atomic mass is 35.5. The molecule has 2 aliphatic rings. The maximum atomic E-state index is 14.0. The lowest BCUT2D eigenvalue weighted by molar-refractivity contribution is -0.155. The first-order valence-electron chi connectivity index (χ1n) is 12.9. The number of hydrogen-bond acceptors (Lipinski definition) is 7. The van der Waals surface area contributed by atoms with E-state index in [-0.39, 0.29) is 23.8 Å². The second-order valence-corrected chi connectivity index (χ2v) is 13.1. The molecule has 2 aromatic carbocycles. The minimum atomic E-state index is -4.32. The Bertz CT molecular complexity index is 1370. The molecule has 4 rings (SSSR count). The van der Waals surface area contributed by atoms with Gasteiger partial charge in [-0.25, -0.2) is 8.42 Å². The predicted molar refractivity (Wildman–Crippen MR) is 146 cm³/mol. The highest BCUT2D eigenvalue weighted by molar-refractivity contribution is 7.89. The van der Waals surface area contributed by atoms with Crippen molar-refractivity contribution in [3.8, 4) is 0 Å². The van der Waals surface area contributed by atoms with Gasteiger partial charge in [-0.05, 0) is 69.2 Å². The number of ether oxygens (including phenoxy) is 2. The lowest BCUT2D eigenvalue weighted by atomic mass is 10.1. The van der Waals surface area contributed by atoms with Crippen molar-refractivity contribution in [2.24, 2.45) is 0 Å². The van der Waals surface area contributed by atoms with Crippen molar-refractivity contribution in [3.63, 3.8) is 0 Å². The van der Waals surface area contributed by atoms with E-state index in [1.807, 2.05) is 0 Å². The Morgan fingerprint density at radius 2 is 1.74 bits per heavy atom. The van der Waals surface area contributed by atoms with Crippen LogP contribution < -0.4 is 0 Å². The summed E-state index contributed by atoms with van der Waals surface area (Å²) in [4.78, 5) is 42.5. The van der Waals surface area contributed by atoms with Gasteiger partial charge in [-0.2, -0.15) is 4.31 Å². The van der Waals surface area contributed by atoms with E-state index in [4.69, 9.17) is 21.1 Å². The van der Waals surface area contributed by atoms with E-state index in [2.05, 4.69) is 0 Å². The van der Waals surface area contributed by atoms with Crippen molar-refractivity contribution in [3.05, 3.63) is 41.4 Å². The third kappa shape index (κ3) is 6.54. The van der Waals surface area contributed by atoms with Crippen LogP contribution in [0.2, 0.25) is 5.02 Å². The summed E-state index contributed by atoms with van der Waals surface area (Å²) < 4.78 is 39.6. The highest BCUT2D eigenvalue weighted by Crippen LogP contribution is 2.29. The van der Waals surface area contributed by atoms with Crippen LogP contribution in [0, 0.1) is 0 Å². The van der Waals surface area contributed by atoms with Crippen molar-refractivity contribution < 1.29 is 32.3 Å². The Labute approximate surface area is 233 Å². The van der Waals surface area contributed by atoms with Crippen molar-refractivity contribution in [1.29, 1.82) is 0 Å². The molecule has 0 spiro atoms. The molecule has 2 fully saturated rings. The third-order valence-electron chi connectivity index (χ3n) is 6.79. The van der Waals surface area contributed by atoms with Crippen molar-refractivity contribution in [2.45, 2.75) is 56.7 Å². The number of amides is 2. The van der Waals surface area contributed by atoms with Gasteiger partial charge in [-0.15, -0.1) is 0 Å². The molecule has 0 aliphatic carbocycles. The number of halogens is 1. The van der Waals surface area contributed by atoms with Crippen LogP contribution in [0.1, 0.15) is 34.1 Å². The molecule has 212 valence electrons. The van der Waals surface area contributed by atoms with Gasteiger partial charge in [0.05, 0.1) is 18.1 Å². The number of benzene rings is 2. The molecule has 0 radical (unpaired) electrons. The Hall–Kier alpha value is -2.73. The number of fused-ring (bicyclic) bond motifs is 1. The van der Waals surface area contributed by atoms with Gasteiger partial charge in [0.15, 0.2) is 0 Å². The topological polar surface area (TPSA) is 114 Å². The molecule has 10 nitrogen and oxygen atoms in total. The second-order valence-electron chi connectivity index (χ2n) is 10.7. The fraction of sp³-hybridized carbons (Fsp3) is 0.519. The number of likely N-dealkylation sites (tertiary alicyclic amines) is 1. The van der Waals surface area contributed by atoms with Crippen LogP contribution in [-0.2, 0) is 33.9 Å². The normalized spacial score (nSPS) is 19.5. The Morgan fingerprint density at radius 1 is 1.10 bits per heavy atom. The Morgan fingerprint density at radius 3 is 2.41 bits per heavy atom. The van der Waals surface area contributed by atoms with Gasteiger partial charge < -0.3 is 19.3 Å². The summed E-state index contributed by atoms with van der Waals surface area (Å²) in [7, 11) is -4.32. The van der Waals surface area contributed by atoms with E-state index < -0.39 is 46.1 Å². The third-order valence-corrected chi connectivity index (χ3v) is 8.88. The van der Waals surface area contributed by atoms with E-state index in [1.54, 1.807) is 56.9 Å². The lowest BCUT2D eigenvalue weighted by Crippen LogP contribution is -2.53. The Kier molecular flexibility index (Phi) is 8.55. The largest absolute Gasteiger partial charge is 0.459 e. The molecule has 0 bridgehead atoms. The summed E-state index contributed by atoms with van der Waals surface area (Å²) in [6.07, 6.45) is 0.130. The Balaban J connectivity index is 1.64. The number of nitrogens with zero attached hydrogens (tertiary/aromatic N) is 3. The first-order valence-corrected chi connectivity index (χ1v) is 14.7. The summed E-state index contributed by atoms with van der Waals surface area (Å²) >= 11 is 6.07. The molecule has 2 saturated heterocycles. The zero-order valence-corrected chi connectivity index (χ0v) is 24.1. The number of carbonyl (C=O) groups excluding carboxylic acids is 3. The van der Waals surface area contributed by atoms with Gasteiger partial charge in [0.2, 0.25) is 21.8 Å². The standard InChI is InChI=1S/C27H34ClN3O7S/c1-18(25(33)29-11-13-37-14-12-29)30-10-9-23(26(30)34)31(17-24(32)38-27(2,3)4)39(35,36)22-8-6-19-15-21(28)7-5-20(19)16-22/h5-8,15-16,18,23H,9-14,17H2,1-4H3/t18-,23-/m0/s1. The zero-order chi connectivity index (χ0) is 28.5. The number of rotatable bonds is 7. The van der Waals surface area contributed by atoms with Gasteiger partial charge >= 0.3 is 5.97 Å². The van der Waals surface area contributed by atoms with Gasteiger partial charge in [-0.3, -0.25) is 14.4 Å². The monoisotopic (exact) mass is 579 g/mol. The van der Waals surface area contributed by atoms with Crippen LogP contribution in [-0.4, -0.2) is 97.4 Å². The molecule has 12 heteroatoms. The maximum Gasteiger partial charge on any atom is 0.321 e. The number of sulfonamides is 1. The average molecular weight is 580 g/mol. The van der Waals surface area contributed by atoms with E-state index in [0.717, 1.165) is 9.69 Å². The molecule has 0 saturated carbocycles. The fourth-order valence-electron chi connectivity index (χ4n) is 4.87. The summed E-state index contributed by atoms with van der Waals surface area (Å²) in [5, 5.41) is 1.91. The van der Waals surface area contributed by atoms with Gasteiger partial charge in [-0.1, -0.05) is 23.7 Å². The van der Waals surface area contributed by atoms with E-state index in [0.29, 0.717) is 36.7 Å². The van der Waals surface area contributed by atoms with Crippen LogP contribution in [0.15, 0.2) is 41.3 Å². The molecular weight excluding hydrogens is 546 g/mol. The summed E-state index contributed by atoms with van der Waals surface area (Å²) in [5.74, 6) is -1.52. The van der Waals surface area contributed by atoms with Crippen molar-refractivity contribution in [2.75, 3.05) is 39.4 Å². The minimum Gasteiger partial charge on any atom is -0.459 e. The lowest BCUT2D eigenvalue weighted by Gasteiger charge is -2.33. The van der Waals surface area contributed by atoms with Crippen molar-refractivity contribution in [1.82, 2.24) is 14.1 Å². The SMILES string of the molecule is C[C@@H](C(=O)N1CCOCC1)N1CC[C@H](N(CC(=O)OC(C)(C)C)S(=O)(=O)c2ccc3cc(Cl)ccc3c2)C1=O. The van der Waals surface area contributed by atoms with Crippen LogP contribution in [0.4, 0.5) is 0 Å².